The molecule has 1 fully saturated rings. The third kappa shape index (κ3) is 4.97. The lowest BCUT2D eigenvalue weighted by atomic mass is 9.82. The first-order valence-corrected chi connectivity index (χ1v) is 7.68. The highest BCUT2D eigenvalue weighted by Gasteiger charge is 2.29. The molecule has 17 heavy (non-hydrogen) atoms. The van der Waals surface area contributed by atoms with Crippen LogP contribution in [0, 0.1) is 5.92 Å². The summed E-state index contributed by atoms with van der Waals surface area (Å²) in [4.78, 5) is 2.69. The lowest BCUT2D eigenvalue weighted by Crippen LogP contribution is -2.51. The SMILES string of the molecule is CCCCN(CCCC)C1CC(C)CCC1N. The first-order chi connectivity index (χ1) is 8.19. The molecule has 1 saturated carbocycles. The Labute approximate surface area is 108 Å². The summed E-state index contributed by atoms with van der Waals surface area (Å²) in [7, 11) is 0. The summed E-state index contributed by atoms with van der Waals surface area (Å²) >= 11 is 0. The molecule has 0 amide bonds. The maximum atomic E-state index is 6.34. The van der Waals surface area contributed by atoms with Gasteiger partial charge in [-0.05, 0) is 51.1 Å². The van der Waals surface area contributed by atoms with Gasteiger partial charge in [-0.2, -0.15) is 0 Å². The van der Waals surface area contributed by atoms with E-state index in [9.17, 15) is 0 Å². The van der Waals surface area contributed by atoms with Gasteiger partial charge in [0.15, 0.2) is 0 Å². The molecular formula is C15H32N2. The van der Waals surface area contributed by atoms with Crippen molar-refractivity contribution in [2.24, 2.45) is 11.7 Å². The predicted molar refractivity (Wildman–Crippen MR) is 76.2 cm³/mol. The van der Waals surface area contributed by atoms with Crippen molar-refractivity contribution in [1.82, 2.24) is 4.90 Å². The Bertz CT molecular complexity index is 185. The normalized spacial score (nSPS) is 29.8. The summed E-state index contributed by atoms with van der Waals surface area (Å²) in [5.74, 6) is 0.866. The summed E-state index contributed by atoms with van der Waals surface area (Å²) < 4.78 is 0. The molecule has 0 heterocycles. The van der Waals surface area contributed by atoms with E-state index in [1.165, 1.54) is 58.0 Å². The summed E-state index contributed by atoms with van der Waals surface area (Å²) in [6.45, 7) is 9.45. The molecule has 0 radical (unpaired) electrons. The predicted octanol–water partition coefficient (Wildman–Crippen LogP) is 3.40. The largest absolute Gasteiger partial charge is 0.326 e. The number of nitrogens with zero attached hydrogens (tertiary/aromatic N) is 1. The smallest absolute Gasteiger partial charge is 0.0249 e. The van der Waals surface area contributed by atoms with E-state index in [0.29, 0.717) is 12.1 Å². The van der Waals surface area contributed by atoms with Crippen molar-refractivity contribution in [3.05, 3.63) is 0 Å². The topological polar surface area (TPSA) is 29.3 Å². The molecule has 0 saturated heterocycles. The highest BCUT2D eigenvalue weighted by atomic mass is 15.2. The van der Waals surface area contributed by atoms with E-state index in [1.807, 2.05) is 0 Å². The molecule has 0 bridgehead atoms. The van der Waals surface area contributed by atoms with Gasteiger partial charge in [0.1, 0.15) is 0 Å². The second kappa shape index (κ2) is 8.10. The number of hydrogen-bond donors (Lipinski definition) is 1. The van der Waals surface area contributed by atoms with Crippen LogP contribution in [-0.4, -0.2) is 30.1 Å². The fourth-order valence-electron chi connectivity index (χ4n) is 2.96. The van der Waals surface area contributed by atoms with E-state index >= 15 is 0 Å². The van der Waals surface area contributed by atoms with Crippen molar-refractivity contribution in [3.8, 4) is 0 Å². The van der Waals surface area contributed by atoms with Crippen LogP contribution in [0.15, 0.2) is 0 Å². The zero-order valence-corrected chi connectivity index (χ0v) is 12.1. The Kier molecular flexibility index (Phi) is 7.14. The van der Waals surface area contributed by atoms with Crippen molar-refractivity contribution in [2.75, 3.05) is 13.1 Å². The highest BCUT2D eigenvalue weighted by molar-refractivity contribution is 4.88. The molecule has 0 aromatic rings. The van der Waals surface area contributed by atoms with Crippen LogP contribution in [0.5, 0.6) is 0 Å². The van der Waals surface area contributed by atoms with Crippen LogP contribution in [0.25, 0.3) is 0 Å². The van der Waals surface area contributed by atoms with E-state index in [2.05, 4.69) is 25.7 Å². The average Bonchev–Trinajstić information content (AvgIpc) is 2.33. The van der Waals surface area contributed by atoms with Crippen molar-refractivity contribution < 1.29 is 0 Å². The van der Waals surface area contributed by atoms with Crippen LogP contribution in [0.3, 0.4) is 0 Å². The van der Waals surface area contributed by atoms with E-state index in [4.69, 9.17) is 5.73 Å². The Balaban J connectivity index is 2.52. The van der Waals surface area contributed by atoms with Crippen LogP contribution < -0.4 is 5.73 Å². The van der Waals surface area contributed by atoms with Crippen LogP contribution in [0.1, 0.15) is 65.7 Å². The minimum atomic E-state index is 0.417. The Morgan fingerprint density at radius 3 is 2.18 bits per heavy atom. The van der Waals surface area contributed by atoms with E-state index in [-0.39, 0.29) is 0 Å². The summed E-state index contributed by atoms with van der Waals surface area (Å²) in [5, 5.41) is 0. The zero-order chi connectivity index (χ0) is 12.7. The van der Waals surface area contributed by atoms with E-state index < -0.39 is 0 Å². The molecule has 102 valence electrons. The number of hydrogen-bond acceptors (Lipinski definition) is 2. The van der Waals surface area contributed by atoms with E-state index in [1.54, 1.807) is 0 Å². The summed E-state index contributed by atoms with van der Waals surface area (Å²) in [6, 6.07) is 1.07. The minimum Gasteiger partial charge on any atom is -0.326 e. The molecule has 2 N–H and O–H groups in total. The van der Waals surface area contributed by atoms with Gasteiger partial charge >= 0.3 is 0 Å². The molecule has 0 aromatic carbocycles. The maximum absolute atomic E-state index is 6.34. The Hall–Kier alpha value is -0.0800. The van der Waals surface area contributed by atoms with Crippen LogP contribution in [-0.2, 0) is 0 Å². The third-order valence-electron chi connectivity index (χ3n) is 4.20. The lowest BCUT2D eigenvalue weighted by Gasteiger charge is -2.40. The number of rotatable bonds is 7. The van der Waals surface area contributed by atoms with Crippen molar-refractivity contribution >= 4 is 0 Å². The average molecular weight is 240 g/mol. The van der Waals surface area contributed by atoms with Crippen molar-refractivity contribution in [1.29, 1.82) is 0 Å². The molecule has 3 atom stereocenters. The first kappa shape index (κ1) is 15.0. The number of unbranched alkanes of at least 4 members (excludes halogenated alkanes) is 2. The summed E-state index contributed by atoms with van der Waals surface area (Å²) in [6.07, 6.45) is 9.09. The maximum Gasteiger partial charge on any atom is 0.0249 e. The van der Waals surface area contributed by atoms with Gasteiger partial charge in [0, 0.05) is 12.1 Å². The van der Waals surface area contributed by atoms with Gasteiger partial charge in [-0.1, -0.05) is 33.6 Å². The molecule has 0 aliphatic heterocycles. The van der Waals surface area contributed by atoms with Crippen molar-refractivity contribution in [3.63, 3.8) is 0 Å². The van der Waals surface area contributed by atoms with Crippen LogP contribution >= 0.6 is 0 Å². The van der Waals surface area contributed by atoms with E-state index in [0.717, 1.165) is 5.92 Å². The van der Waals surface area contributed by atoms with Gasteiger partial charge in [0.05, 0.1) is 0 Å². The van der Waals surface area contributed by atoms with Gasteiger partial charge in [-0.25, -0.2) is 0 Å². The molecule has 0 aromatic heterocycles. The van der Waals surface area contributed by atoms with Crippen molar-refractivity contribution in [2.45, 2.75) is 77.8 Å². The van der Waals surface area contributed by atoms with Gasteiger partial charge in [-0.15, -0.1) is 0 Å². The van der Waals surface area contributed by atoms with Gasteiger partial charge in [-0.3, -0.25) is 4.90 Å². The molecule has 1 aliphatic carbocycles. The standard InChI is InChI=1S/C15H32N2/c1-4-6-10-17(11-7-5-2)15-12-13(3)8-9-14(15)16/h13-15H,4-12,16H2,1-3H3. The van der Waals surface area contributed by atoms with Gasteiger partial charge in [0.25, 0.3) is 0 Å². The molecular weight excluding hydrogens is 208 g/mol. The Morgan fingerprint density at radius 1 is 1.06 bits per heavy atom. The molecule has 3 unspecified atom stereocenters. The lowest BCUT2D eigenvalue weighted by molar-refractivity contribution is 0.112. The molecule has 1 rings (SSSR count). The quantitative estimate of drug-likeness (QED) is 0.739. The highest BCUT2D eigenvalue weighted by Crippen LogP contribution is 2.27. The molecule has 0 spiro atoms. The van der Waals surface area contributed by atoms with Gasteiger partial charge in [0.2, 0.25) is 0 Å². The van der Waals surface area contributed by atoms with Crippen LogP contribution in [0.2, 0.25) is 0 Å². The van der Waals surface area contributed by atoms with Gasteiger partial charge < -0.3 is 5.73 Å². The number of nitrogens with two attached hydrogens (primary N) is 1. The monoisotopic (exact) mass is 240 g/mol. The second-order valence-electron chi connectivity index (χ2n) is 5.89. The fourth-order valence-corrected chi connectivity index (χ4v) is 2.96. The third-order valence-corrected chi connectivity index (χ3v) is 4.20. The molecule has 1 aliphatic rings. The summed E-state index contributed by atoms with van der Waals surface area (Å²) in [5.41, 5.74) is 6.34. The minimum absolute atomic E-state index is 0.417. The zero-order valence-electron chi connectivity index (χ0n) is 12.1. The van der Waals surface area contributed by atoms with Crippen LogP contribution in [0.4, 0.5) is 0 Å². The molecule has 2 nitrogen and oxygen atoms in total. The second-order valence-corrected chi connectivity index (χ2v) is 5.89. The fraction of sp³-hybridized carbons (Fsp3) is 1.00. The molecule has 2 heteroatoms. The first-order valence-electron chi connectivity index (χ1n) is 7.68. The Morgan fingerprint density at radius 2 is 1.65 bits per heavy atom.